The Morgan fingerprint density at radius 1 is 1.17 bits per heavy atom. The normalized spacial score (nSPS) is 10.7. The van der Waals surface area contributed by atoms with Crippen LogP contribution < -0.4 is 5.32 Å². The van der Waals surface area contributed by atoms with Crippen LogP contribution in [0.15, 0.2) is 48.0 Å². The fourth-order valence-electron chi connectivity index (χ4n) is 1.84. The molecule has 0 bridgehead atoms. The lowest BCUT2D eigenvalue weighted by molar-refractivity contribution is 0.474. The van der Waals surface area contributed by atoms with E-state index >= 15 is 0 Å². The Morgan fingerprint density at radius 3 is 3.00 bits per heavy atom. The van der Waals surface area contributed by atoms with E-state index in [-0.39, 0.29) is 0 Å². The Morgan fingerprint density at radius 2 is 2.11 bits per heavy atom. The van der Waals surface area contributed by atoms with E-state index in [0.717, 1.165) is 16.8 Å². The minimum Gasteiger partial charge on any atom is -0.508 e. The van der Waals surface area contributed by atoms with Gasteiger partial charge in [-0.15, -0.1) is 11.3 Å². The first kappa shape index (κ1) is 11.0. The average Bonchev–Trinajstić information content (AvgIpc) is 2.84. The van der Waals surface area contributed by atoms with Gasteiger partial charge in [-0.1, -0.05) is 12.1 Å². The van der Waals surface area contributed by atoms with Crippen molar-refractivity contribution < 1.29 is 5.11 Å². The average molecular weight is 256 g/mol. The van der Waals surface area contributed by atoms with Crippen LogP contribution in [-0.4, -0.2) is 10.1 Å². The molecule has 0 spiro atoms. The minimum atomic E-state index is 0.298. The molecule has 3 nitrogen and oxygen atoms in total. The first-order valence-corrected chi connectivity index (χ1v) is 6.54. The van der Waals surface area contributed by atoms with Crippen LogP contribution in [0.4, 0.5) is 5.69 Å². The highest BCUT2D eigenvalue weighted by Crippen LogP contribution is 2.22. The van der Waals surface area contributed by atoms with Crippen molar-refractivity contribution in [3.8, 4) is 5.75 Å². The largest absolute Gasteiger partial charge is 0.508 e. The minimum absolute atomic E-state index is 0.298. The fourth-order valence-corrected chi connectivity index (χ4v) is 2.55. The highest BCUT2D eigenvalue weighted by molar-refractivity contribution is 7.16. The predicted octanol–water partition coefficient (Wildman–Crippen LogP) is 3.61. The number of thiazole rings is 1. The summed E-state index contributed by atoms with van der Waals surface area (Å²) in [5, 5.41) is 12.7. The number of phenols is 1. The summed E-state index contributed by atoms with van der Waals surface area (Å²) >= 11 is 1.63. The molecule has 1 aromatic heterocycles. The topological polar surface area (TPSA) is 45.1 Å². The van der Waals surface area contributed by atoms with Gasteiger partial charge in [0.25, 0.3) is 0 Å². The van der Waals surface area contributed by atoms with Crippen LogP contribution in [-0.2, 0) is 6.54 Å². The van der Waals surface area contributed by atoms with Gasteiger partial charge in [-0.05, 0) is 35.9 Å². The predicted molar refractivity (Wildman–Crippen MR) is 75.1 cm³/mol. The van der Waals surface area contributed by atoms with E-state index in [4.69, 9.17) is 0 Å². The molecule has 0 aliphatic rings. The lowest BCUT2D eigenvalue weighted by atomic mass is 10.2. The number of nitrogens with one attached hydrogen (secondary N) is 1. The van der Waals surface area contributed by atoms with Crippen LogP contribution >= 0.6 is 11.3 Å². The summed E-state index contributed by atoms with van der Waals surface area (Å²) in [6.07, 6.45) is 0. The van der Waals surface area contributed by atoms with Gasteiger partial charge in [-0.2, -0.15) is 0 Å². The zero-order valence-electron chi connectivity index (χ0n) is 9.63. The molecule has 3 rings (SSSR count). The van der Waals surface area contributed by atoms with Gasteiger partial charge in [0, 0.05) is 12.2 Å². The molecule has 0 saturated heterocycles. The molecule has 0 aliphatic carbocycles. The number of hydrogen-bond donors (Lipinski definition) is 2. The van der Waals surface area contributed by atoms with Gasteiger partial charge in [0.1, 0.15) is 5.75 Å². The Balaban J connectivity index is 1.76. The van der Waals surface area contributed by atoms with Crippen molar-refractivity contribution in [3.05, 3.63) is 53.5 Å². The third-order valence-electron chi connectivity index (χ3n) is 2.74. The van der Waals surface area contributed by atoms with Crippen LogP contribution in [0.5, 0.6) is 5.75 Å². The molecular formula is C14H12N2OS. The standard InChI is InChI=1S/C14H12N2OS/c17-12-3-1-2-10(6-12)8-15-11-4-5-13-14(7-11)18-9-16-13/h1-7,9,15,17H,8H2. The quantitative estimate of drug-likeness (QED) is 0.752. The number of aromatic hydroxyl groups is 1. The second-order valence-electron chi connectivity index (χ2n) is 4.06. The van der Waals surface area contributed by atoms with Gasteiger partial charge >= 0.3 is 0 Å². The first-order valence-electron chi connectivity index (χ1n) is 5.66. The Bertz CT molecular complexity index is 678. The maximum atomic E-state index is 9.39. The van der Waals surface area contributed by atoms with Crippen molar-refractivity contribution in [1.29, 1.82) is 0 Å². The SMILES string of the molecule is Oc1cccc(CNc2ccc3ncsc3c2)c1. The van der Waals surface area contributed by atoms with Crippen LogP contribution in [0.2, 0.25) is 0 Å². The van der Waals surface area contributed by atoms with E-state index in [1.807, 2.05) is 29.8 Å². The molecule has 4 heteroatoms. The summed E-state index contributed by atoms with van der Waals surface area (Å²) in [5.41, 5.74) is 5.00. The van der Waals surface area contributed by atoms with Crippen LogP contribution in [0, 0.1) is 0 Å². The van der Waals surface area contributed by atoms with Crippen molar-refractivity contribution in [2.75, 3.05) is 5.32 Å². The van der Waals surface area contributed by atoms with Crippen molar-refractivity contribution >= 4 is 27.2 Å². The molecule has 0 atom stereocenters. The summed E-state index contributed by atoms with van der Waals surface area (Å²) in [6.45, 7) is 0.693. The monoisotopic (exact) mass is 256 g/mol. The van der Waals surface area contributed by atoms with E-state index in [1.54, 1.807) is 23.5 Å². The van der Waals surface area contributed by atoms with Crippen LogP contribution in [0.3, 0.4) is 0 Å². The van der Waals surface area contributed by atoms with Gasteiger partial charge in [0.05, 0.1) is 15.7 Å². The highest BCUT2D eigenvalue weighted by Gasteiger charge is 1.99. The number of phenolic OH excluding ortho intramolecular Hbond substituents is 1. The van der Waals surface area contributed by atoms with E-state index in [9.17, 15) is 5.11 Å². The van der Waals surface area contributed by atoms with Crippen molar-refractivity contribution in [2.45, 2.75) is 6.54 Å². The zero-order chi connectivity index (χ0) is 12.4. The Hall–Kier alpha value is -2.07. The molecule has 2 aromatic carbocycles. The van der Waals surface area contributed by atoms with E-state index in [2.05, 4.69) is 16.4 Å². The molecular weight excluding hydrogens is 244 g/mol. The van der Waals surface area contributed by atoms with Gasteiger partial charge in [0.15, 0.2) is 0 Å². The molecule has 0 radical (unpaired) electrons. The first-order chi connectivity index (χ1) is 8.81. The molecule has 1 heterocycles. The van der Waals surface area contributed by atoms with Gasteiger partial charge in [-0.25, -0.2) is 4.98 Å². The summed E-state index contributed by atoms with van der Waals surface area (Å²) in [6, 6.07) is 13.4. The number of fused-ring (bicyclic) bond motifs is 1. The van der Waals surface area contributed by atoms with Crippen molar-refractivity contribution in [2.24, 2.45) is 0 Å². The highest BCUT2D eigenvalue weighted by atomic mass is 32.1. The van der Waals surface area contributed by atoms with Gasteiger partial charge in [0.2, 0.25) is 0 Å². The third kappa shape index (κ3) is 2.28. The Kier molecular flexibility index (Phi) is 2.86. The molecule has 0 unspecified atom stereocenters. The number of hydrogen-bond acceptors (Lipinski definition) is 4. The molecule has 0 saturated carbocycles. The van der Waals surface area contributed by atoms with E-state index in [1.165, 1.54) is 4.70 Å². The lowest BCUT2D eigenvalue weighted by Crippen LogP contribution is -1.98. The molecule has 90 valence electrons. The second-order valence-corrected chi connectivity index (χ2v) is 4.94. The maximum Gasteiger partial charge on any atom is 0.115 e. The second kappa shape index (κ2) is 4.66. The zero-order valence-corrected chi connectivity index (χ0v) is 10.4. The number of nitrogens with zero attached hydrogens (tertiary/aromatic N) is 1. The maximum absolute atomic E-state index is 9.39. The Labute approximate surface area is 109 Å². The summed E-state index contributed by atoms with van der Waals surface area (Å²) < 4.78 is 1.18. The molecule has 0 aliphatic heterocycles. The summed E-state index contributed by atoms with van der Waals surface area (Å²) in [5.74, 6) is 0.298. The molecule has 3 aromatic rings. The molecule has 18 heavy (non-hydrogen) atoms. The van der Waals surface area contributed by atoms with Gasteiger partial charge < -0.3 is 10.4 Å². The number of aromatic nitrogens is 1. The molecule has 2 N–H and O–H groups in total. The van der Waals surface area contributed by atoms with E-state index < -0.39 is 0 Å². The smallest absolute Gasteiger partial charge is 0.115 e. The number of anilines is 1. The van der Waals surface area contributed by atoms with E-state index in [0.29, 0.717) is 12.3 Å². The number of benzene rings is 2. The molecule has 0 fully saturated rings. The van der Waals surface area contributed by atoms with Crippen LogP contribution in [0.1, 0.15) is 5.56 Å². The summed E-state index contributed by atoms with van der Waals surface area (Å²) in [7, 11) is 0. The molecule has 0 amide bonds. The number of rotatable bonds is 3. The van der Waals surface area contributed by atoms with Crippen LogP contribution in [0.25, 0.3) is 10.2 Å². The van der Waals surface area contributed by atoms with Crippen molar-refractivity contribution in [3.63, 3.8) is 0 Å². The third-order valence-corrected chi connectivity index (χ3v) is 3.53. The summed E-state index contributed by atoms with van der Waals surface area (Å²) in [4.78, 5) is 4.25. The fraction of sp³-hybridized carbons (Fsp3) is 0.0714. The van der Waals surface area contributed by atoms with Gasteiger partial charge in [-0.3, -0.25) is 0 Å². The van der Waals surface area contributed by atoms with Crippen molar-refractivity contribution in [1.82, 2.24) is 4.98 Å². The lowest BCUT2D eigenvalue weighted by Gasteiger charge is -2.06.